The molecule has 2 aliphatic heterocycles. The maximum absolute atomic E-state index is 13.2. The molecule has 0 radical (unpaired) electrons. The van der Waals surface area contributed by atoms with E-state index < -0.39 is 0 Å². The number of aryl methyl sites for hydroxylation is 1. The molecule has 0 unspecified atom stereocenters. The summed E-state index contributed by atoms with van der Waals surface area (Å²) in [6, 6.07) is 21.4. The average Bonchev–Trinajstić information content (AvgIpc) is 3.18. The predicted octanol–water partition coefficient (Wildman–Crippen LogP) is 5.04. The van der Waals surface area contributed by atoms with Crippen LogP contribution in [0.25, 0.3) is 0 Å². The zero-order chi connectivity index (χ0) is 22.8. The van der Waals surface area contributed by atoms with Crippen LogP contribution in [0, 0.1) is 6.92 Å². The van der Waals surface area contributed by atoms with Gasteiger partial charge in [-0.3, -0.25) is 4.79 Å². The van der Waals surface area contributed by atoms with Gasteiger partial charge in [-0.2, -0.15) is 0 Å². The van der Waals surface area contributed by atoms with Crippen LogP contribution in [0.4, 0.5) is 5.69 Å². The number of hydrogen-bond acceptors (Lipinski definition) is 5. The Morgan fingerprint density at radius 2 is 1.82 bits per heavy atom. The van der Waals surface area contributed by atoms with Crippen molar-refractivity contribution >= 4 is 17.4 Å². The number of amides is 1. The lowest BCUT2D eigenvalue weighted by molar-refractivity contribution is 0.0763. The van der Waals surface area contributed by atoms with Crippen molar-refractivity contribution in [3.8, 4) is 17.2 Å². The van der Waals surface area contributed by atoms with E-state index >= 15 is 0 Å². The molecule has 2 aliphatic rings. The van der Waals surface area contributed by atoms with Crippen LogP contribution in [0.5, 0.6) is 17.2 Å². The molecule has 0 saturated carbocycles. The number of fused-ring (bicyclic) bond motifs is 2. The molecule has 2 heterocycles. The van der Waals surface area contributed by atoms with Gasteiger partial charge in [0.2, 0.25) is 0 Å². The highest BCUT2D eigenvalue weighted by atomic mass is 16.5. The van der Waals surface area contributed by atoms with Gasteiger partial charge in [0, 0.05) is 31.7 Å². The maximum Gasteiger partial charge on any atom is 0.254 e. The number of methoxy groups -OCH3 is 1. The van der Waals surface area contributed by atoms with E-state index in [1.165, 1.54) is 0 Å². The second-order valence-electron chi connectivity index (χ2n) is 8.37. The average molecular weight is 442 g/mol. The van der Waals surface area contributed by atoms with Crippen molar-refractivity contribution < 1.29 is 14.3 Å². The fraction of sp³-hybridized carbons (Fsp3) is 0.259. The largest absolute Gasteiger partial charge is 0.497 e. The summed E-state index contributed by atoms with van der Waals surface area (Å²) in [7, 11) is 1.61. The van der Waals surface area contributed by atoms with Gasteiger partial charge in [-0.1, -0.05) is 29.8 Å². The molecule has 168 valence electrons. The molecule has 3 aromatic rings. The van der Waals surface area contributed by atoms with Gasteiger partial charge in [-0.05, 0) is 55.8 Å². The monoisotopic (exact) mass is 441 g/mol. The second kappa shape index (κ2) is 8.98. The van der Waals surface area contributed by atoms with Crippen molar-refractivity contribution in [1.82, 2.24) is 9.80 Å². The number of hydrogen-bond donors (Lipinski definition) is 0. The summed E-state index contributed by atoms with van der Waals surface area (Å²) >= 11 is 0. The first kappa shape index (κ1) is 21.1. The summed E-state index contributed by atoms with van der Waals surface area (Å²) in [5.74, 6) is 3.17. The maximum atomic E-state index is 13.2. The Bertz CT molecular complexity index is 1220. The van der Waals surface area contributed by atoms with Gasteiger partial charge >= 0.3 is 0 Å². The molecule has 0 atom stereocenters. The molecule has 1 fully saturated rings. The molecule has 5 rings (SSSR count). The molecular weight excluding hydrogens is 414 g/mol. The predicted molar refractivity (Wildman–Crippen MR) is 129 cm³/mol. The van der Waals surface area contributed by atoms with Crippen LogP contribution < -0.4 is 9.47 Å². The van der Waals surface area contributed by atoms with Crippen LogP contribution in [0.3, 0.4) is 0 Å². The van der Waals surface area contributed by atoms with E-state index in [1.54, 1.807) is 13.2 Å². The Balaban J connectivity index is 1.43. The molecule has 0 aromatic heterocycles. The minimum Gasteiger partial charge on any atom is -0.497 e. The third kappa shape index (κ3) is 4.29. The molecule has 0 spiro atoms. The molecule has 0 aliphatic carbocycles. The molecular formula is C27H27N3O3. The Labute approximate surface area is 194 Å². The van der Waals surface area contributed by atoms with Crippen LogP contribution in [-0.4, -0.2) is 54.8 Å². The van der Waals surface area contributed by atoms with E-state index in [1.807, 2.05) is 53.4 Å². The number of amidine groups is 1. The van der Waals surface area contributed by atoms with Crippen molar-refractivity contribution in [2.45, 2.75) is 13.3 Å². The molecule has 0 bridgehead atoms. The summed E-state index contributed by atoms with van der Waals surface area (Å²) in [4.78, 5) is 22.4. The summed E-state index contributed by atoms with van der Waals surface area (Å²) in [5, 5.41) is 0. The van der Waals surface area contributed by atoms with Crippen molar-refractivity contribution in [1.29, 1.82) is 0 Å². The second-order valence-corrected chi connectivity index (χ2v) is 8.37. The summed E-state index contributed by atoms with van der Waals surface area (Å²) < 4.78 is 11.5. The number of carbonyl (C=O) groups is 1. The molecule has 6 nitrogen and oxygen atoms in total. The first-order valence-corrected chi connectivity index (χ1v) is 11.3. The minimum absolute atomic E-state index is 0.0310. The topological polar surface area (TPSA) is 54.4 Å². The molecule has 6 heteroatoms. The van der Waals surface area contributed by atoms with Gasteiger partial charge in [0.05, 0.1) is 12.7 Å². The van der Waals surface area contributed by atoms with Gasteiger partial charge in [0.25, 0.3) is 5.91 Å². The molecule has 1 saturated heterocycles. The third-order valence-electron chi connectivity index (χ3n) is 6.09. The highest BCUT2D eigenvalue weighted by Gasteiger charge is 2.26. The lowest BCUT2D eigenvalue weighted by atomic mass is 10.1. The number of nitrogens with zero attached hydrogens (tertiary/aromatic N) is 3. The summed E-state index contributed by atoms with van der Waals surface area (Å²) in [5.41, 5.74) is 3.60. The molecule has 33 heavy (non-hydrogen) atoms. The van der Waals surface area contributed by atoms with Crippen LogP contribution in [0.2, 0.25) is 0 Å². The number of benzene rings is 3. The van der Waals surface area contributed by atoms with E-state index in [2.05, 4.69) is 24.0 Å². The number of ether oxygens (including phenoxy) is 2. The van der Waals surface area contributed by atoms with E-state index in [9.17, 15) is 4.79 Å². The van der Waals surface area contributed by atoms with Gasteiger partial charge in [-0.15, -0.1) is 0 Å². The Morgan fingerprint density at radius 3 is 2.70 bits per heavy atom. The van der Waals surface area contributed by atoms with Crippen LogP contribution in [0.1, 0.15) is 27.9 Å². The first-order chi connectivity index (χ1) is 16.1. The van der Waals surface area contributed by atoms with Crippen LogP contribution in [-0.2, 0) is 0 Å². The lowest BCUT2D eigenvalue weighted by Gasteiger charge is -2.25. The standard InChI is InChI=1S/C27H27N3O3/c1-19-11-12-24-22(17-19)26(28-23-9-3-4-10-25(23)33-24)29-13-6-14-30(16-15-29)27(31)20-7-5-8-21(18-20)32-2/h3-5,7-12,17-18H,6,13-16H2,1-2H3. The number of rotatable bonds is 2. The molecule has 0 N–H and O–H groups in total. The van der Waals surface area contributed by atoms with E-state index in [0.717, 1.165) is 47.1 Å². The molecule has 3 aromatic carbocycles. The first-order valence-electron chi connectivity index (χ1n) is 11.3. The Kier molecular flexibility index (Phi) is 5.73. The van der Waals surface area contributed by atoms with Crippen molar-refractivity contribution in [2.24, 2.45) is 4.99 Å². The lowest BCUT2D eigenvalue weighted by Crippen LogP contribution is -2.37. The number of para-hydroxylation sites is 2. The quantitative estimate of drug-likeness (QED) is 0.559. The fourth-order valence-corrected chi connectivity index (χ4v) is 4.35. The van der Waals surface area contributed by atoms with Gasteiger partial charge < -0.3 is 19.3 Å². The van der Waals surface area contributed by atoms with Crippen molar-refractivity contribution in [2.75, 3.05) is 33.3 Å². The highest BCUT2D eigenvalue weighted by molar-refractivity contribution is 6.04. The van der Waals surface area contributed by atoms with Gasteiger partial charge in [0.15, 0.2) is 5.75 Å². The van der Waals surface area contributed by atoms with E-state index in [0.29, 0.717) is 30.9 Å². The smallest absolute Gasteiger partial charge is 0.254 e. The normalized spacial score (nSPS) is 15.4. The van der Waals surface area contributed by atoms with E-state index in [4.69, 9.17) is 14.5 Å². The van der Waals surface area contributed by atoms with Gasteiger partial charge in [0.1, 0.15) is 23.0 Å². The number of carbonyl (C=O) groups excluding carboxylic acids is 1. The summed E-state index contributed by atoms with van der Waals surface area (Å²) in [6.07, 6.45) is 0.860. The van der Waals surface area contributed by atoms with Crippen molar-refractivity contribution in [3.05, 3.63) is 83.4 Å². The third-order valence-corrected chi connectivity index (χ3v) is 6.09. The SMILES string of the molecule is COc1cccc(C(=O)N2CCCN(C3=Nc4ccccc4Oc4ccc(C)cc43)CC2)c1. The van der Waals surface area contributed by atoms with E-state index in [-0.39, 0.29) is 5.91 Å². The Morgan fingerprint density at radius 1 is 0.939 bits per heavy atom. The number of aliphatic imine (C=N–C) groups is 1. The van der Waals surface area contributed by atoms with Crippen LogP contribution >= 0.6 is 0 Å². The zero-order valence-corrected chi connectivity index (χ0v) is 19.0. The van der Waals surface area contributed by atoms with Crippen LogP contribution in [0.15, 0.2) is 71.7 Å². The Hall–Kier alpha value is -3.80. The molecule has 1 amide bonds. The fourth-order valence-electron chi connectivity index (χ4n) is 4.35. The summed E-state index contributed by atoms with van der Waals surface area (Å²) in [6.45, 7) is 4.92. The minimum atomic E-state index is 0.0310. The van der Waals surface area contributed by atoms with Crippen molar-refractivity contribution in [3.63, 3.8) is 0 Å². The van der Waals surface area contributed by atoms with Gasteiger partial charge in [-0.25, -0.2) is 4.99 Å². The highest BCUT2D eigenvalue weighted by Crippen LogP contribution is 2.38. The zero-order valence-electron chi connectivity index (χ0n) is 19.0.